The van der Waals surface area contributed by atoms with E-state index in [1.165, 1.54) is 18.4 Å². The maximum absolute atomic E-state index is 5.56. The van der Waals surface area contributed by atoms with Crippen molar-refractivity contribution in [3.8, 4) is 5.75 Å². The molecule has 2 rings (SSSR count). The van der Waals surface area contributed by atoms with Crippen LogP contribution in [0.2, 0.25) is 0 Å². The molecule has 0 saturated carbocycles. The van der Waals surface area contributed by atoms with Gasteiger partial charge in [0.1, 0.15) is 5.75 Å². The maximum Gasteiger partial charge on any atom is 0.123 e. The van der Waals surface area contributed by atoms with Gasteiger partial charge in [-0.15, -0.1) is 0 Å². The van der Waals surface area contributed by atoms with Crippen molar-refractivity contribution in [2.75, 3.05) is 33.3 Å². The average Bonchev–Trinajstić information content (AvgIpc) is 2.45. The van der Waals surface area contributed by atoms with Crippen molar-refractivity contribution in [1.29, 1.82) is 0 Å². The van der Waals surface area contributed by atoms with Gasteiger partial charge < -0.3 is 10.1 Å². The van der Waals surface area contributed by atoms with E-state index in [0.717, 1.165) is 36.4 Å². The Morgan fingerprint density at radius 3 is 2.74 bits per heavy atom. The molecule has 4 heteroatoms. The Hall–Kier alpha value is -0.580. The van der Waals surface area contributed by atoms with Crippen LogP contribution in [0.3, 0.4) is 0 Å². The van der Waals surface area contributed by atoms with Gasteiger partial charge in [0.25, 0.3) is 0 Å². The highest BCUT2D eigenvalue weighted by Crippen LogP contribution is 2.34. The van der Waals surface area contributed by atoms with Gasteiger partial charge in [-0.05, 0) is 24.6 Å². The van der Waals surface area contributed by atoms with E-state index in [4.69, 9.17) is 4.74 Å². The van der Waals surface area contributed by atoms with Crippen LogP contribution in [0, 0.1) is 0 Å². The van der Waals surface area contributed by atoms with Gasteiger partial charge in [0.15, 0.2) is 0 Å². The minimum absolute atomic E-state index is 0.458. The summed E-state index contributed by atoms with van der Waals surface area (Å²) < 4.78 is 6.68. The van der Waals surface area contributed by atoms with Crippen LogP contribution in [0.25, 0.3) is 0 Å². The van der Waals surface area contributed by atoms with Gasteiger partial charge in [-0.2, -0.15) is 0 Å². The van der Waals surface area contributed by atoms with Crippen LogP contribution in [-0.2, 0) is 0 Å². The number of nitrogens with one attached hydrogen (secondary N) is 1. The lowest BCUT2D eigenvalue weighted by Gasteiger charge is -2.35. The minimum Gasteiger partial charge on any atom is -0.496 e. The van der Waals surface area contributed by atoms with Crippen molar-refractivity contribution in [2.45, 2.75) is 25.8 Å². The monoisotopic (exact) mass is 326 g/mol. The standard InChI is InChI=1S/C15H23BrN2O/c1-3-4-14(18-9-7-17-8-10-18)13-11-12(16)5-6-15(13)19-2/h5-6,11,14,17H,3-4,7-10H2,1-2H3/t14-/m1/s1. The molecular formula is C15H23BrN2O. The van der Waals surface area contributed by atoms with Gasteiger partial charge >= 0.3 is 0 Å². The first kappa shape index (κ1) is 14.8. The molecule has 3 nitrogen and oxygen atoms in total. The number of methoxy groups -OCH3 is 1. The Morgan fingerprint density at radius 1 is 1.37 bits per heavy atom. The molecule has 0 amide bonds. The van der Waals surface area contributed by atoms with Crippen LogP contribution in [0.15, 0.2) is 22.7 Å². The van der Waals surface area contributed by atoms with Crippen molar-refractivity contribution in [3.05, 3.63) is 28.2 Å². The second kappa shape index (κ2) is 7.27. The summed E-state index contributed by atoms with van der Waals surface area (Å²) in [5, 5.41) is 3.42. The topological polar surface area (TPSA) is 24.5 Å². The van der Waals surface area contributed by atoms with Crippen LogP contribution in [0.1, 0.15) is 31.4 Å². The third kappa shape index (κ3) is 3.71. The molecule has 1 N–H and O–H groups in total. The van der Waals surface area contributed by atoms with E-state index in [9.17, 15) is 0 Å². The summed E-state index contributed by atoms with van der Waals surface area (Å²) in [4.78, 5) is 2.57. The number of nitrogens with zero attached hydrogens (tertiary/aromatic N) is 1. The molecule has 1 aromatic rings. The van der Waals surface area contributed by atoms with E-state index in [2.05, 4.69) is 45.2 Å². The predicted octanol–water partition coefficient (Wildman–Crippen LogP) is 3.20. The summed E-state index contributed by atoms with van der Waals surface area (Å²) in [6.45, 7) is 6.63. The first-order valence-corrected chi connectivity index (χ1v) is 7.83. The van der Waals surface area contributed by atoms with Crippen molar-refractivity contribution in [2.24, 2.45) is 0 Å². The molecule has 1 atom stereocenters. The van der Waals surface area contributed by atoms with Gasteiger partial charge in [-0.25, -0.2) is 0 Å². The SMILES string of the molecule is CCC[C@H](c1cc(Br)ccc1OC)N1CCNCC1. The maximum atomic E-state index is 5.56. The predicted molar refractivity (Wildman–Crippen MR) is 82.8 cm³/mol. The van der Waals surface area contributed by atoms with Crippen molar-refractivity contribution < 1.29 is 4.74 Å². The molecule has 1 aliphatic heterocycles. The number of benzene rings is 1. The molecule has 0 radical (unpaired) electrons. The van der Waals surface area contributed by atoms with E-state index >= 15 is 0 Å². The Kier molecular flexibility index (Phi) is 5.67. The summed E-state index contributed by atoms with van der Waals surface area (Å²) in [5.74, 6) is 1.00. The Balaban J connectivity index is 2.28. The molecule has 0 aromatic heterocycles. The zero-order valence-electron chi connectivity index (χ0n) is 11.8. The average molecular weight is 327 g/mol. The molecule has 1 aromatic carbocycles. The fourth-order valence-corrected chi connectivity index (χ4v) is 3.15. The van der Waals surface area contributed by atoms with Crippen LogP contribution in [0.4, 0.5) is 0 Å². The van der Waals surface area contributed by atoms with Crippen LogP contribution in [0.5, 0.6) is 5.75 Å². The number of hydrogen-bond acceptors (Lipinski definition) is 3. The van der Waals surface area contributed by atoms with E-state index < -0.39 is 0 Å². The lowest BCUT2D eigenvalue weighted by Crippen LogP contribution is -2.45. The second-order valence-electron chi connectivity index (χ2n) is 4.98. The van der Waals surface area contributed by atoms with E-state index in [0.29, 0.717) is 6.04 Å². The number of rotatable bonds is 5. The van der Waals surface area contributed by atoms with Crippen LogP contribution in [-0.4, -0.2) is 38.2 Å². The lowest BCUT2D eigenvalue weighted by atomic mass is 9.99. The smallest absolute Gasteiger partial charge is 0.123 e. The summed E-state index contributed by atoms with van der Waals surface area (Å²) in [7, 11) is 1.76. The van der Waals surface area contributed by atoms with Gasteiger partial charge in [0, 0.05) is 42.3 Å². The van der Waals surface area contributed by atoms with Crippen LogP contribution < -0.4 is 10.1 Å². The Morgan fingerprint density at radius 2 is 2.11 bits per heavy atom. The molecule has 19 heavy (non-hydrogen) atoms. The summed E-state index contributed by atoms with van der Waals surface area (Å²) in [6, 6.07) is 6.77. The third-order valence-electron chi connectivity index (χ3n) is 3.71. The van der Waals surface area contributed by atoms with E-state index in [-0.39, 0.29) is 0 Å². The summed E-state index contributed by atoms with van der Waals surface area (Å²) >= 11 is 3.58. The molecule has 1 saturated heterocycles. The summed E-state index contributed by atoms with van der Waals surface area (Å²) in [5.41, 5.74) is 1.31. The number of ether oxygens (including phenoxy) is 1. The Labute approximate surface area is 124 Å². The number of piperazine rings is 1. The quantitative estimate of drug-likeness (QED) is 0.899. The lowest BCUT2D eigenvalue weighted by molar-refractivity contribution is 0.162. The molecule has 1 fully saturated rings. The molecule has 1 heterocycles. The largest absolute Gasteiger partial charge is 0.496 e. The molecule has 0 spiro atoms. The second-order valence-corrected chi connectivity index (χ2v) is 5.89. The molecular weight excluding hydrogens is 304 g/mol. The van der Waals surface area contributed by atoms with E-state index in [1.54, 1.807) is 7.11 Å². The highest BCUT2D eigenvalue weighted by Gasteiger charge is 2.24. The van der Waals surface area contributed by atoms with Gasteiger partial charge in [-0.3, -0.25) is 4.90 Å². The van der Waals surface area contributed by atoms with Gasteiger partial charge in [0.2, 0.25) is 0 Å². The molecule has 0 unspecified atom stereocenters. The van der Waals surface area contributed by atoms with Gasteiger partial charge in [0.05, 0.1) is 7.11 Å². The van der Waals surface area contributed by atoms with Crippen molar-refractivity contribution >= 4 is 15.9 Å². The fourth-order valence-electron chi connectivity index (χ4n) is 2.77. The van der Waals surface area contributed by atoms with E-state index in [1.807, 2.05) is 6.07 Å². The molecule has 0 aliphatic carbocycles. The zero-order chi connectivity index (χ0) is 13.7. The Bertz CT molecular complexity index is 405. The van der Waals surface area contributed by atoms with Crippen LogP contribution >= 0.6 is 15.9 Å². The normalized spacial score (nSPS) is 18.3. The molecule has 106 valence electrons. The third-order valence-corrected chi connectivity index (χ3v) is 4.20. The van der Waals surface area contributed by atoms with Gasteiger partial charge in [-0.1, -0.05) is 29.3 Å². The highest BCUT2D eigenvalue weighted by molar-refractivity contribution is 9.10. The highest BCUT2D eigenvalue weighted by atomic mass is 79.9. The number of halogens is 1. The number of hydrogen-bond donors (Lipinski definition) is 1. The zero-order valence-corrected chi connectivity index (χ0v) is 13.4. The molecule has 1 aliphatic rings. The minimum atomic E-state index is 0.458. The van der Waals surface area contributed by atoms with Crippen molar-refractivity contribution in [3.63, 3.8) is 0 Å². The molecule has 0 bridgehead atoms. The van der Waals surface area contributed by atoms with Crippen molar-refractivity contribution in [1.82, 2.24) is 10.2 Å². The summed E-state index contributed by atoms with van der Waals surface area (Å²) in [6.07, 6.45) is 2.36. The first-order valence-electron chi connectivity index (χ1n) is 7.04. The fraction of sp³-hybridized carbons (Fsp3) is 0.600. The first-order chi connectivity index (χ1) is 9.26.